The van der Waals surface area contributed by atoms with Crippen LogP contribution in [0.25, 0.3) is 11.0 Å². The van der Waals surface area contributed by atoms with E-state index in [-0.39, 0.29) is 18.4 Å². The molecule has 4 aromatic rings. The third-order valence-electron chi connectivity index (χ3n) is 5.54. The molecule has 4 rings (SSSR count). The molecule has 8 heteroatoms. The number of aromatic nitrogens is 4. The SMILES string of the molecule is CC(C)CCNC(=O)C(c1cccnc1)N(C(=O)Cn1nnc2ccccc21)c1ccccc1. The van der Waals surface area contributed by atoms with Crippen LogP contribution in [0.15, 0.2) is 79.1 Å². The maximum atomic E-state index is 13.8. The number of carbonyl (C=O) groups excluding carboxylic acids is 2. The summed E-state index contributed by atoms with van der Waals surface area (Å²) < 4.78 is 1.56. The fourth-order valence-electron chi connectivity index (χ4n) is 3.80. The summed E-state index contributed by atoms with van der Waals surface area (Å²) in [6.07, 6.45) is 4.12. The molecule has 0 spiro atoms. The Hall–Kier alpha value is -4.07. The minimum atomic E-state index is -0.884. The van der Waals surface area contributed by atoms with Crippen LogP contribution in [0.5, 0.6) is 0 Å². The molecule has 2 amide bonds. The van der Waals surface area contributed by atoms with Crippen LogP contribution in [0.4, 0.5) is 5.69 Å². The van der Waals surface area contributed by atoms with Gasteiger partial charge in [-0.2, -0.15) is 0 Å². The van der Waals surface area contributed by atoms with E-state index >= 15 is 0 Å². The van der Waals surface area contributed by atoms with Crippen molar-refractivity contribution in [3.8, 4) is 0 Å². The lowest BCUT2D eigenvalue weighted by Gasteiger charge is -2.31. The van der Waals surface area contributed by atoms with E-state index in [0.29, 0.717) is 29.2 Å². The van der Waals surface area contributed by atoms with Crippen molar-refractivity contribution in [2.24, 2.45) is 5.92 Å². The Kier molecular flexibility index (Phi) is 7.27. The minimum Gasteiger partial charge on any atom is -0.354 e. The zero-order valence-corrected chi connectivity index (χ0v) is 19.3. The highest BCUT2D eigenvalue weighted by molar-refractivity contribution is 6.01. The Morgan fingerprint density at radius 1 is 1.00 bits per heavy atom. The van der Waals surface area contributed by atoms with E-state index < -0.39 is 6.04 Å². The van der Waals surface area contributed by atoms with Crippen LogP contribution in [0.1, 0.15) is 31.9 Å². The predicted molar refractivity (Wildman–Crippen MR) is 131 cm³/mol. The smallest absolute Gasteiger partial charge is 0.249 e. The van der Waals surface area contributed by atoms with Gasteiger partial charge in [0.25, 0.3) is 0 Å². The fourth-order valence-corrected chi connectivity index (χ4v) is 3.80. The number of hydrogen-bond acceptors (Lipinski definition) is 5. The Balaban J connectivity index is 1.72. The summed E-state index contributed by atoms with van der Waals surface area (Å²) >= 11 is 0. The van der Waals surface area contributed by atoms with Crippen molar-refractivity contribution >= 4 is 28.5 Å². The zero-order chi connectivity index (χ0) is 23.9. The normalized spacial score (nSPS) is 12.0. The van der Waals surface area contributed by atoms with Crippen LogP contribution in [0.3, 0.4) is 0 Å². The molecule has 1 unspecified atom stereocenters. The summed E-state index contributed by atoms with van der Waals surface area (Å²) in [4.78, 5) is 33.0. The first-order chi connectivity index (χ1) is 16.5. The van der Waals surface area contributed by atoms with Gasteiger partial charge in [-0.05, 0) is 42.7 Å². The molecule has 0 fully saturated rings. The molecule has 1 N–H and O–H groups in total. The first kappa shape index (κ1) is 23.1. The third-order valence-corrected chi connectivity index (χ3v) is 5.54. The number of carbonyl (C=O) groups is 2. The molecule has 1 atom stereocenters. The van der Waals surface area contributed by atoms with Gasteiger partial charge in [0.15, 0.2) is 0 Å². The molecule has 0 aliphatic rings. The van der Waals surface area contributed by atoms with Crippen LogP contribution in [0, 0.1) is 5.92 Å². The molecule has 2 heterocycles. The average Bonchev–Trinajstić information content (AvgIpc) is 3.26. The summed E-state index contributed by atoms with van der Waals surface area (Å²) in [5.74, 6) is -0.0892. The van der Waals surface area contributed by atoms with Gasteiger partial charge in [-0.3, -0.25) is 19.5 Å². The van der Waals surface area contributed by atoms with E-state index in [0.717, 1.165) is 11.9 Å². The molecule has 174 valence electrons. The lowest BCUT2D eigenvalue weighted by molar-refractivity contribution is -0.127. The van der Waals surface area contributed by atoms with E-state index in [9.17, 15) is 9.59 Å². The van der Waals surface area contributed by atoms with E-state index in [1.807, 2.05) is 60.7 Å². The van der Waals surface area contributed by atoms with Gasteiger partial charge in [-0.25, -0.2) is 4.68 Å². The predicted octanol–water partition coefficient (Wildman–Crippen LogP) is 3.76. The molecule has 0 radical (unpaired) electrons. The molecule has 0 bridgehead atoms. The molecule has 0 saturated heterocycles. The highest BCUT2D eigenvalue weighted by Crippen LogP contribution is 2.28. The summed E-state index contributed by atoms with van der Waals surface area (Å²) in [5.41, 5.74) is 2.70. The first-order valence-corrected chi connectivity index (χ1v) is 11.4. The Bertz CT molecular complexity index is 1240. The second-order valence-corrected chi connectivity index (χ2v) is 8.50. The van der Waals surface area contributed by atoms with Crippen molar-refractivity contribution in [3.63, 3.8) is 0 Å². The van der Waals surface area contributed by atoms with Gasteiger partial charge >= 0.3 is 0 Å². The minimum absolute atomic E-state index is 0.0640. The molecule has 34 heavy (non-hydrogen) atoms. The summed E-state index contributed by atoms with van der Waals surface area (Å²) in [5, 5.41) is 11.3. The Morgan fingerprint density at radius 2 is 1.76 bits per heavy atom. The molecular formula is C26H28N6O2. The topological polar surface area (TPSA) is 93.0 Å². The third kappa shape index (κ3) is 5.28. The van der Waals surface area contributed by atoms with Crippen LogP contribution in [-0.4, -0.2) is 38.3 Å². The summed E-state index contributed by atoms with van der Waals surface area (Å²) in [7, 11) is 0. The zero-order valence-electron chi connectivity index (χ0n) is 19.3. The van der Waals surface area contributed by atoms with Crippen molar-refractivity contribution in [2.75, 3.05) is 11.4 Å². The maximum absolute atomic E-state index is 13.8. The molecular weight excluding hydrogens is 428 g/mol. The van der Waals surface area contributed by atoms with Crippen molar-refractivity contribution in [3.05, 3.63) is 84.7 Å². The lowest BCUT2D eigenvalue weighted by Crippen LogP contribution is -2.45. The number of hydrogen-bond donors (Lipinski definition) is 1. The number of amides is 2. The van der Waals surface area contributed by atoms with Crippen molar-refractivity contribution < 1.29 is 9.59 Å². The second kappa shape index (κ2) is 10.7. The van der Waals surface area contributed by atoms with E-state index in [1.165, 1.54) is 4.90 Å². The number of rotatable bonds is 9. The number of anilines is 1. The maximum Gasteiger partial charge on any atom is 0.249 e. The van der Waals surface area contributed by atoms with Gasteiger partial charge in [-0.1, -0.05) is 55.5 Å². The Labute approximate surface area is 198 Å². The molecule has 2 aromatic carbocycles. The van der Waals surface area contributed by atoms with Crippen LogP contribution >= 0.6 is 0 Å². The number of fused-ring (bicyclic) bond motifs is 1. The number of nitrogens with zero attached hydrogens (tertiary/aromatic N) is 5. The van der Waals surface area contributed by atoms with Crippen LogP contribution in [0.2, 0.25) is 0 Å². The van der Waals surface area contributed by atoms with Gasteiger partial charge < -0.3 is 5.32 Å². The van der Waals surface area contributed by atoms with Gasteiger partial charge in [0, 0.05) is 30.2 Å². The quantitative estimate of drug-likeness (QED) is 0.414. The molecule has 2 aromatic heterocycles. The molecule has 0 aliphatic carbocycles. The monoisotopic (exact) mass is 456 g/mol. The summed E-state index contributed by atoms with van der Waals surface area (Å²) in [6, 6.07) is 19.4. The lowest BCUT2D eigenvalue weighted by atomic mass is 10.0. The second-order valence-electron chi connectivity index (χ2n) is 8.50. The van der Waals surface area contributed by atoms with Gasteiger partial charge in [-0.15, -0.1) is 5.10 Å². The molecule has 8 nitrogen and oxygen atoms in total. The number of pyridine rings is 1. The van der Waals surface area contributed by atoms with Gasteiger partial charge in [0.2, 0.25) is 11.8 Å². The van der Waals surface area contributed by atoms with Crippen LogP contribution < -0.4 is 10.2 Å². The first-order valence-electron chi connectivity index (χ1n) is 11.4. The van der Waals surface area contributed by atoms with Gasteiger partial charge in [0.05, 0.1) is 5.52 Å². The van der Waals surface area contributed by atoms with Crippen LogP contribution in [-0.2, 0) is 16.1 Å². The average molecular weight is 457 g/mol. The number of nitrogens with one attached hydrogen (secondary N) is 1. The Morgan fingerprint density at radius 3 is 2.50 bits per heavy atom. The van der Waals surface area contributed by atoms with E-state index in [4.69, 9.17) is 0 Å². The standard InChI is InChI=1S/C26H28N6O2/c1-19(2)14-16-28-26(34)25(20-9-8-15-27-17-20)32(21-10-4-3-5-11-21)24(33)18-31-23-13-7-6-12-22(23)29-30-31/h3-13,15,17,19,25H,14,16,18H2,1-2H3,(H,28,34). The highest BCUT2D eigenvalue weighted by atomic mass is 16.2. The van der Waals surface area contributed by atoms with E-state index in [1.54, 1.807) is 23.1 Å². The highest BCUT2D eigenvalue weighted by Gasteiger charge is 2.33. The molecule has 0 aliphatic heterocycles. The number of para-hydroxylation sites is 2. The van der Waals surface area contributed by atoms with Gasteiger partial charge in [0.1, 0.15) is 18.1 Å². The van der Waals surface area contributed by atoms with E-state index in [2.05, 4.69) is 34.5 Å². The summed E-state index contributed by atoms with van der Waals surface area (Å²) in [6.45, 7) is 4.67. The van der Waals surface area contributed by atoms with Crippen molar-refractivity contribution in [2.45, 2.75) is 32.9 Å². The largest absolute Gasteiger partial charge is 0.354 e. The van der Waals surface area contributed by atoms with Crippen molar-refractivity contribution in [1.82, 2.24) is 25.3 Å². The van der Waals surface area contributed by atoms with Crippen molar-refractivity contribution in [1.29, 1.82) is 0 Å². The molecule has 0 saturated carbocycles. The number of benzene rings is 2. The fraction of sp³-hybridized carbons (Fsp3) is 0.269.